The third-order valence-electron chi connectivity index (χ3n) is 5.57. The Morgan fingerprint density at radius 3 is 2.70 bits per heavy atom. The zero-order chi connectivity index (χ0) is 22.8. The minimum Gasteiger partial charge on any atom is -0.289 e. The fraction of sp³-hybridized carbons (Fsp3) is 0.160. The van der Waals surface area contributed by atoms with E-state index in [4.69, 9.17) is 4.98 Å². The fourth-order valence-electron chi connectivity index (χ4n) is 3.74. The number of hydrogen-bond donors (Lipinski definition) is 1. The highest BCUT2D eigenvalue weighted by atomic mass is 16.1. The van der Waals surface area contributed by atoms with Gasteiger partial charge in [0.15, 0.2) is 0 Å². The molecule has 0 bridgehead atoms. The Morgan fingerprint density at radius 2 is 1.88 bits per heavy atom. The summed E-state index contributed by atoms with van der Waals surface area (Å²) in [5.74, 6) is -0.0267. The average Bonchev–Trinajstić information content (AvgIpc) is 3.49. The third-order valence-corrected chi connectivity index (χ3v) is 5.57. The van der Waals surface area contributed by atoms with Crippen LogP contribution in [0.25, 0.3) is 22.2 Å². The number of pyridine rings is 1. The second-order valence-corrected chi connectivity index (χ2v) is 7.80. The lowest BCUT2D eigenvalue weighted by Crippen LogP contribution is -2.14. The predicted octanol–water partition coefficient (Wildman–Crippen LogP) is 4.32. The first kappa shape index (κ1) is 20.6. The van der Waals surface area contributed by atoms with Gasteiger partial charge in [0.1, 0.15) is 6.33 Å². The lowest BCUT2D eigenvalue weighted by Gasteiger charge is -2.08. The topological polar surface area (TPSA) is 90.5 Å². The van der Waals surface area contributed by atoms with Gasteiger partial charge in [0.2, 0.25) is 5.95 Å². The van der Waals surface area contributed by atoms with E-state index in [1.807, 2.05) is 54.2 Å². The lowest BCUT2D eigenvalue weighted by atomic mass is 10.1. The summed E-state index contributed by atoms with van der Waals surface area (Å²) >= 11 is 0. The molecule has 8 heteroatoms. The molecule has 0 saturated heterocycles. The van der Waals surface area contributed by atoms with Crippen LogP contribution in [0.1, 0.15) is 28.4 Å². The molecule has 8 nitrogen and oxygen atoms in total. The van der Waals surface area contributed by atoms with Crippen molar-refractivity contribution >= 4 is 22.8 Å². The first-order valence-electron chi connectivity index (χ1n) is 10.8. The molecule has 0 fully saturated rings. The molecule has 0 aliphatic rings. The smallest absolute Gasteiger partial charge is 0.258 e. The van der Waals surface area contributed by atoms with Crippen molar-refractivity contribution < 1.29 is 4.79 Å². The van der Waals surface area contributed by atoms with Gasteiger partial charge in [-0.1, -0.05) is 42.5 Å². The van der Waals surface area contributed by atoms with E-state index in [-0.39, 0.29) is 11.9 Å². The van der Waals surface area contributed by atoms with Crippen molar-refractivity contribution in [2.45, 2.75) is 26.9 Å². The summed E-state index contributed by atoms with van der Waals surface area (Å²) in [6.45, 7) is 5.43. The Hall–Kier alpha value is -4.33. The number of anilines is 1. The zero-order valence-corrected chi connectivity index (χ0v) is 18.4. The molecule has 0 spiro atoms. The van der Waals surface area contributed by atoms with Crippen molar-refractivity contribution in [3.05, 3.63) is 90.0 Å². The molecule has 0 aliphatic carbocycles. The van der Waals surface area contributed by atoms with Crippen LogP contribution in [0.5, 0.6) is 0 Å². The molecule has 1 amide bonds. The summed E-state index contributed by atoms with van der Waals surface area (Å²) in [5.41, 5.74) is 5.13. The maximum absolute atomic E-state index is 13.2. The number of aromatic nitrogens is 6. The highest BCUT2D eigenvalue weighted by Crippen LogP contribution is 2.25. The van der Waals surface area contributed by atoms with Crippen molar-refractivity contribution in [3.8, 4) is 11.3 Å². The molecule has 0 atom stereocenters. The van der Waals surface area contributed by atoms with E-state index in [1.165, 1.54) is 5.56 Å². The number of nitrogens with zero attached hydrogens (tertiary/aromatic N) is 6. The van der Waals surface area contributed by atoms with Gasteiger partial charge < -0.3 is 0 Å². The van der Waals surface area contributed by atoms with Gasteiger partial charge in [0.25, 0.3) is 5.91 Å². The van der Waals surface area contributed by atoms with Gasteiger partial charge in [-0.3, -0.25) is 14.8 Å². The van der Waals surface area contributed by atoms with Crippen LogP contribution in [0.2, 0.25) is 0 Å². The lowest BCUT2D eigenvalue weighted by molar-refractivity contribution is 0.102. The van der Waals surface area contributed by atoms with Crippen LogP contribution in [-0.2, 0) is 13.1 Å². The first-order valence-corrected chi connectivity index (χ1v) is 10.8. The summed E-state index contributed by atoms with van der Waals surface area (Å²) in [6.07, 6.45) is 5.31. The van der Waals surface area contributed by atoms with E-state index in [0.29, 0.717) is 17.8 Å². The van der Waals surface area contributed by atoms with Gasteiger partial charge in [-0.2, -0.15) is 5.10 Å². The number of carbonyl (C=O) groups is 1. The van der Waals surface area contributed by atoms with Crippen LogP contribution in [0.4, 0.5) is 5.95 Å². The summed E-state index contributed by atoms with van der Waals surface area (Å²) in [4.78, 5) is 22.3. The zero-order valence-electron chi connectivity index (χ0n) is 18.4. The summed E-state index contributed by atoms with van der Waals surface area (Å²) < 4.78 is 3.55. The molecular weight excluding hydrogens is 414 g/mol. The molecule has 3 heterocycles. The highest BCUT2D eigenvalue weighted by Gasteiger charge is 2.16. The Kier molecular flexibility index (Phi) is 5.40. The average molecular weight is 438 g/mol. The van der Waals surface area contributed by atoms with E-state index in [9.17, 15) is 4.79 Å². The van der Waals surface area contributed by atoms with Crippen LogP contribution in [-0.4, -0.2) is 35.4 Å². The quantitative estimate of drug-likeness (QED) is 0.427. The molecule has 5 aromatic rings. The maximum atomic E-state index is 13.2. The molecule has 164 valence electrons. The molecule has 2 aromatic carbocycles. The number of aryl methyl sites for hydroxylation is 2. The molecule has 0 unspecified atom stereocenters. The van der Waals surface area contributed by atoms with Gasteiger partial charge in [0.05, 0.1) is 29.5 Å². The minimum atomic E-state index is -0.286. The first-order chi connectivity index (χ1) is 16.1. The summed E-state index contributed by atoms with van der Waals surface area (Å²) in [6, 6.07) is 17.5. The van der Waals surface area contributed by atoms with Crippen molar-refractivity contribution in [1.82, 2.24) is 29.5 Å². The van der Waals surface area contributed by atoms with Gasteiger partial charge in [-0.15, -0.1) is 5.10 Å². The Bertz CT molecular complexity index is 1450. The van der Waals surface area contributed by atoms with Crippen molar-refractivity contribution in [2.24, 2.45) is 0 Å². The molecular formula is C25H23N7O. The van der Waals surface area contributed by atoms with Gasteiger partial charge in [-0.05, 0) is 37.1 Å². The minimum absolute atomic E-state index is 0.259. The van der Waals surface area contributed by atoms with Gasteiger partial charge >= 0.3 is 0 Å². The Morgan fingerprint density at radius 1 is 1.06 bits per heavy atom. The Labute approximate surface area is 190 Å². The van der Waals surface area contributed by atoms with E-state index >= 15 is 0 Å². The number of para-hydroxylation sites is 1. The number of benzene rings is 2. The van der Waals surface area contributed by atoms with Crippen LogP contribution in [0, 0.1) is 6.92 Å². The maximum Gasteiger partial charge on any atom is 0.258 e. The van der Waals surface area contributed by atoms with Crippen molar-refractivity contribution in [2.75, 3.05) is 5.32 Å². The van der Waals surface area contributed by atoms with Gasteiger partial charge in [-0.25, -0.2) is 14.6 Å². The second kappa shape index (κ2) is 8.66. The number of nitrogens with one attached hydrogen (secondary N) is 1. The molecule has 0 aliphatic heterocycles. The second-order valence-electron chi connectivity index (χ2n) is 7.80. The highest BCUT2D eigenvalue weighted by molar-refractivity contribution is 6.12. The van der Waals surface area contributed by atoms with Crippen molar-refractivity contribution in [3.63, 3.8) is 0 Å². The van der Waals surface area contributed by atoms with Crippen LogP contribution in [0.3, 0.4) is 0 Å². The standard InChI is InChI=1S/C25H23N7O/c1-3-31-15-19(13-27-31)23-12-21(20-10-6-7-11-22(20)28-23)24(33)29-25-26-16-32(30-25)14-18-9-5-4-8-17(18)2/h4-13,15-16H,3,14H2,1-2H3,(H,29,30,33). The van der Waals surface area contributed by atoms with Crippen LogP contribution >= 0.6 is 0 Å². The third kappa shape index (κ3) is 4.23. The molecule has 0 radical (unpaired) electrons. The van der Waals surface area contributed by atoms with E-state index in [2.05, 4.69) is 39.6 Å². The predicted molar refractivity (Wildman–Crippen MR) is 127 cm³/mol. The number of fused-ring (bicyclic) bond motifs is 1. The SMILES string of the molecule is CCn1cc(-c2cc(C(=O)Nc3ncn(Cc4ccccc4C)n3)c3ccccc3n2)cn1. The largest absolute Gasteiger partial charge is 0.289 e. The van der Waals surface area contributed by atoms with Gasteiger partial charge in [0, 0.05) is 23.7 Å². The number of hydrogen-bond acceptors (Lipinski definition) is 5. The number of rotatable bonds is 6. The van der Waals surface area contributed by atoms with E-state index < -0.39 is 0 Å². The molecule has 33 heavy (non-hydrogen) atoms. The monoisotopic (exact) mass is 437 g/mol. The number of amides is 1. The van der Waals surface area contributed by atoms with E-state index in [1.54, 1.807) is 23.3 Å². The van der Waals surface area contributed by atoms with E-state index in [0.717, 1.165) is 28.6 Å². The molecule has 5 rings (SSSR count). The van der Waals surface area contributed by atoms with Crippen LogP contribution < -0.4 is 5.32 Å². The van der Waals surface area contributed by atoms with Crippen LogP contribution in [0.15, 0.2) is 73.3 Å². The van der Waals surface area contributed by atoms with Crippen molar-refractivity contribution in [1.29, 1.82) is 0 Å². The fourth-order valence-corrected chi connectivity index (χ4v) is 3.74. The molecule has 1 N–H and O–H groups in total. The molecule has 0 saturated carbocycles. The summed E-state index contributed by atoms with van der Waals surface area (Å²) in [5, 5.41) is 12.4. The Balaban J connectivity index is 1.44. The normalized spacial score (nSPS) is 11.1. The summed E-state index contributed by atoms with van der Waals surface area (Å²) in [7, 11) is 0. The molecule has 3 aromatic heterocycles. The number of carbonyl (C=O) groups excluding carboxylic acids is 1.